The summed E-state index contributed by atoms with van der Waals surface area (Å²) in [6.07, 6.45) is 2.95. The zero-order chi connectivity index (χ0) is 13.7. The molecule has 0 spiro atoms. The van der Waals surface area contributed by atoms with Crippen LogP contribution in [0.2, 0.25) is 0 Å². The van der Waals surface area contributed by atoms with Gasteiger partial charge in [-0.1, -0.05) is 23.4 Å². The maximum Gasteiger partial charge on any atom is 0.348 e. The fourth-order valence-corrected chi connectivity index (χ4v) is 1.44. The quantitative estimate of drug-likeness (QED) is 0.469. The summed E-state index contributed by atoms with van der Waals surface area (Å²) < 4.78 is 6.04. The number of nitrogens with zero attached hydrogens (tertiary/aromatic N) is 4. The molecule has 1 aromatic heterocycles. The largest absolute Gasteiger partial charge is 0.465 e. The number of aromatic nitrogens is 3. The predicted octanol–water partition coefficient (Wildman–Crippen LogP) is 1.35. The molecule has 0 saturated carbocycles. The maximum atomic E-state index is 11.3. The van der Waals surface area contributed by atoms with E-state index < -0.39 is 5.97 Å². The number of carbonyl (C=O) groups is 1. The number of hydrogen-bond acceptors (Lipinski definition) is 5. The summed E-state index contributed by atoms with van der Waals surface area (Å²) in [5.74, 6) is -0.697. The number of benzene rings is 1. The minimum atomic E-state index is -0.697. The monoisotopic (exact) mass is 254 g/mol. The van der Waals surface area contributed by atoms with Gasteiger partial charge >= 0.3 is 5.97 Å². The molecule has 6 nitrogen and oxygen atoms in total. The zero-order valence-corrected chi connectivity index (χ0v) is 10.1. The Kier molecular flexibility index (Phi) is 3.69. The average molecular weight is 254 g/mol. The smallest absolute Gasteiger partial charge is 0.348 e. The Bertz CT molecular complexity index is 653. The summed E-state index contributed by atoms with van der Waals surface area (Å²) in [5, 5.41) is 16.6. The van der Waals surface area contributed by atoms with Crippen molar-refractivity contribution in [1.29, 1.82) is 5.26 Å². The van der Waals surface area contributed by atoms with Gasteiger partial charge in [0.15, 0.2) is 0 Å². The molecular weight excluding hydrogens is 244 g/mol. The summed E-state index contributed by atoms with van der Waals surface area (Å²) in [4.78, 5) is 11.3. The van der Waals surface area contributed by atoms with Gasteiger partial charge < -0.3 is 4.74 Å². The van der Waals surface area contributed by atoms with Gasteiger partial charge in [0.1, 0.15) is 17.3 Å². The van der Waals surface area contributed by atoms with Crippen LogP contribution < -0.4 is 0 Å². The van der Waals surface area contributed by atoms with Crippen LogP contribution in [0.4, 0.5) is 0 Å². The molecule has 0 aliphatic heterocycles. The zero-order valence-electron chi connectivity index (χ0n) is 10.1. The first-order chi connectivity index (χ1) is 9.24. The van der Waals surface area contributed by atoms with Gasteiger partial charge in [0.25, 0.3) is 0 Å². The molecule has 0 saturated heterocycles. The molecule has 19 heavy (non-hydrogen) atoms. The Labute approximate surface area is 109 Å². The van der Waals surface area contributed by atoms with Gasteiger partial charge in [-0.3, -0.25) is 0 Å². The van der Waals surface area contributed by atoms with Crippen molar-refractivity contribution < 1.29 is 9.53 Å². The SMILES string of the molecule is COC(=O)/C(C#N)=C/c1cn(-c2ccccc2)nn1. The second-order valence-corrected chi connectivity index (χ2v) is 3.58. The molecule has 0 aliphatic rings. The molecular formula is C13H10N4O2. The molecule has 94 valence electrons. The summed E-state index contributed by atoms with van der Waals surface area (Å²) in [5.41, 5.74) is 1.12. The van der Waals surface area contributed by atoms with Crippen molar-refractivity contribution in [3.63, 3.8) is 0 Å². The van der Waals surface area contributed by atoms with Crippen molar-refractivity contribution in [3.05, 3.63) is 47.8 Å². The van der Waals surface area contributed by atoms with Crippen LogP contribution in [0.5, 0.6) is 0 Å². The first kappa shape index (κ1) is 12.5. The number of ether oxygens (including phenoxy) is 1. The maximum absolute atomic E-state index is 11.3. The summed E-state index contributed by atoms with van der Waals surface area (Å²) >= 11 is 0. The standard InChI is InChI=1S/C13H10N4O2/c1-19-13(18)10(8-14)7-11-9-17(16-15-11)12-5-3-2-4-6-12/h2-7,9H,1H3/b10-7+. The molecule has 1 aromatic carbocycles. The summed E-state index contributed by atoms with van der Waals surface area (Å²) in [6.45, 7) is 0. The van der Waals surface area contributed by atoms with E-state index in [-0.39, 0.29) is 5.57 Å². The van der Waals surface area contributed by atoms with E-state index in [1.165, 1.54) is 13.2 Å². The molecule has 6 heteroatoms. The number of esters is 1. The van der Waals surface area contributed by atoms with Crippen molar-refractivity contribution in [1.82, 2.24) is 15.0 Å². The van der Waals surface area contributed by atoms with Gasteiger partial charge in [-0.05, 0) is 18.2 Å². The van der Waals surface area contributed by atoms with Gasteiger partial charge in [-0.25, -0.2) is 9.48 Å². The van der Waals surface area contributed by atoms with Crippen LogP contribution in [0.1, 0.15) is 5.69 Å². The van der Waals surface area contributed by atoms with Crippen LogP contribution in [0.25, 0.3) is 11.8 Å². The van der Waals surface area contributed by atoms with Crippen molar-refractivity contribution in [2.75, 3.05) is 7.11 Å². The third-order valence-electron chi connectivity index (χ3n) is 2.35. The fourth-order valence-electron chi connectivity index (χ4n) is 1.44. The third-order valence-corrected chi connectivity index (χ3v) is 2.35. The van der Waals surface area contributed by atoms with Crippen molar-refractivity contribution in [3.8, 4) is 11.8 Å². The fraction of sp³-hybridized carbons (Fsp3) is 0.0769. The number of hydrogen-bond donors (Lipinski definition) is 0. The van der Waals surface area contributed by atoms with E-state index in [4.69, 9.17) is 5.26 Å². The minimum absolute atomic E-state index is 0.123. The van der Waals surface area contributed by atoms with E-state index >= 15 is 0 Å². The van der Waals surface area contributed by atoms with Gasteiger partial charge in [0.05, 0.1) is 19.0 Å². The average Bonchev–Trinajstić information content (AvgIpc) is 2.93. The van der Waals surface area contributed by atoms with Gasteiger partial charge in [-0.15, -0.1) is 5.10 Å². The topological polar surface area (TPSA) is 80.8 Å². The first-order valence-corrected chi connectivity index (χ1v) is 5.42. The minimum Gasteiger partial charge on any atom is -0.465 e. The highest BCUT2D eigenvalue weighted by molar-refractivity contribution is 5.97. The van der Waals surface area contributed by atoms with Crippen LogP contribution in [-0.2, 0) is 9.53 Å². The number of rotatable bonds is 3. The molecule has 0 unspecified atom stereocenters. The molecule has 0 amide bonds. The van der Waals surface area contributed by atoms with Crippen molar-refractivity contribution >= 4 is 12.0 Å². The number of para-hydroxylation sites is 1. The Morgan fingerprint density at radius 3 is 2.79 bits per heavy atom. The van der Waals surface area contributed by atoms with Crippen molar-refractivity contribution in [2.45, 2.75) is 0 Å². The molecule has 1 heterocycles. The number of carbonyl (C=O) groups excluding carboxylic acids is 1. The molecule has 0 N–H and O–H groups in total. The van der Waals surface area contributed by atoms with E-state index in [2.05, 4.69) is 15.0 Å². The lowest BCUT2D eigenvalue weighted by molar-refractivity contribution is -0.135. The first-order valence-electron chi connectivity index (χ1n) is 5.42. The van der Waals surface area contributed by atoms with Crippen LogP contribution in [0, 0.1) is 11.3 Å². The normalized spacial score (nSPS) is 10.8. The van der Waals surface area contributed by atoms with E-state index in [0.717, 1.165) is 5.69 Å². The van der Waals surface area contributed by atoms with Crippen LogP contribution >= 0.6 is 0 Å². The second-order valence-electron chi connectivity index (χ2n) is 3.58. The lowest BCUT2D eigenvalue weighted by atomic mass is 10.2. The van der Waals surface area contributed by atoms with E-state index in [0.29, 0.717) is 5.69 Å². The molecule has 0 atom stereocenters. The second kappa shape index (κ2) is 5.60. The van der Waals surface area contributed by atoms with E-state index in [9.17, 15) is 4.79 Å². The molecule has 0 radical (unpaired) electrons. The van der Waals surface area contributed by atoms with Crippen molar-refractivity contribution in [2.24, 2.45) is 0 Å². The Morgan fingerprint density at radius 2 is 2.16 bits per heavy atom. The molecule has 0 fully saturated rings. The summed E-state index contributed by atoms with van der Waals surface area (Å²) in [7, 11) is 1.22. The van der Waals surface area contributed by atoms with Crippen LogP contribution in [0.3, 0.4) is 0 Å². The highest BCUT2D eigenvalue weighted by Gasteiger charge is 2.10. The predicted molar refractivity (Wildman–Crippen MR) is 67.0 cm³/mol. The van der Waals surface area contributed by atoms with Crippen LogP contribution in [0.15, 0.2) is 42.1 Å². The van der Waals surface area contributed by atoms with E-state index in [1.807, 2.05) is 30.3 Å². The molecule has 0 bridgehead atoms. The summed E-state index contributed by atoms with van der Waals surface area (Å²) in [6, 6.07) is 11.1. The number of nitriles is 1. The Morgan fingerprint density at radius 1 is 1.42 bits per heavy atom. The van der Waals surface area contributed by atoms with Gasteiger partial charge in [0.2, 0.25) is 0 Å². The lowest BCUT2D eigenvalue weighted by Crippen LogP contribution is -2.02. The third kappa shape index (κ3) is 2.84. The van der Waals surface area contributed by atoms with Crippen LogP contribution in [-0.4, -0.2) is 28.1 Å². The lowest BCUT2D eigenvalue weighted by Gasteiger charge is -1.97. The Balaban J connectivity index is 2.30. The van der Waals surface area contributed by atoms with Gasteiger partial charge in [0, 0.05) is 0 Å². The Hall–Kier alpha value is -2.94. The highest BCUT2D eigenvalue weighted by atomic mass is 16.5. The van der Waals surface area contributed by atoms with Gasteiger partial charge in [-0.2, -0.15) is 5.26 Å². The molecule has 2 aromatic rings. The molecule has 0 aliphatic carbocycles. The number of methoxy groups -OCH3 is 1. The highest BCUT2D eigenvalue weighted by Crippen LogP contribution is 2.09. The van der Waals surface area contributed by atoms with E-state index in [1.54, 1.807) is 16.9 Å². The molecule has 2 rings (SSSR count).